The summed E-state index contributed by atoms with van der Waals surface area (Å²) in [6.45, 7) is 0.691. The first-order valence-electron chi connectivity index (χ1n) is 6.77. The number of benzene rings is 1. The van der Waals surface area contributed by atoms with E-state index in [1.165, 1.54) is 17.6 Å². The quantitative estimate of drug-likeness (QED) is 0.623. The zero-order chi connectivity index (χ0) is 16.2. The second kappa shape index (κ2) is 7.04. The maximum atomic E-state index is 11.9. The molecule has 2 aromatic rings. The number of likely N-dealkylation sites (N-methyl/N-ethyl adjacent to an activating group) is 1. The van der Waals surface area contributed by atoms with E-state index in [1.807, 2.05) is 24.6 Å². The maximum absolute atomic E-state index is 11.9. The highest BCUT2D eigenvalue weighted by Gasteiger charge is 2.13. The lowest BCUT2D eigenvalue weighted by atomic mass is 10.1. The number of nitrogens with zero attached hydrogens (tertiary/aromatic N) is 1. The van der Waals surface area contributed by atoms with Gasteiger partial charge in [0.25, 0.3) is 0 Å². The number of nitrogens with one attached hydrogen (secondary N) is 1. The molecule has 1 heterocycles. The average molecular weight is 337 g/mol. The van der Waals surface area contributed by atoms with Gasteiger partial charge in [0.15, 0.2) is 9.84 Å². The minimum Gasteiger partial charge on any atom is -0.383 e. The molecule has 7 heteroatoms. The standard InChI is InChI=1S/C15H19N3O2S2/c1-17-8-7-11-10-12(5-6-14(11)22(2,19)20)18-15(16)13-4-3-9-21-13/h3-6,9-10,17H,7-8H2,1-2H3,(H2,16,18). The van der Waals surface area contributed by atoms with E-state index in [-0.39, 0.29) is 0 Å². The molecule has 0 unspecified atom stereocenters. The van der Waals surface area contributed by atoms with Crippen LogP contribution in [0.25, 0.3) is 0 Å². The predicted octanol–water partition coefficient (Wildman–Crippen LogP) is 1.95. The highest BCUT2D eigenvalue weighted by molar-refractivity contribution is 7.90. The number of aliphatic imine (C=N–C) groups is 1. The van der Waals surface area contributed by atoms with Gasteiger partial charge in [0.05, 0.1) is 15.5 Å². The SMILES string of the molecule is CNCCc1cc(N=C(N)c2cccs2)ccc1S(C)(=O)=O. The minimum atomic E-state index is -3.26. The molecule has 0 radical (unpaired) electrons. The summed E-state index contributed by atoms with van der Waals surface area (Å²) in [5.41, 5.74) is 7.38. The number of nitrogens with two attached hydrogens (primary N) is 1. The topological polar surface area (TPSA) is 84.5 Å². The van der Waals surface area contributed by atoms with Crippen LogP contribution in [-0.2, 0) is 16.3 Å². The van der Waals surface area contributed by atoms with Gasteiger partial charge in [-0.05, 0) is 55.2 Å². The molecule has 22 heavy (non-hydrogen) atoms. The van der Waals surface area contributed by atoms with Crippen LogP contribution in [-0.4, -0.2) is 34.1 Å². The Bertz CT molecular complexity index is 766. The molecule has 0 fully saturated rings. The van der Waals surface area contributed by atoms with Gasteiger partial charge in [-0.3, -0.25) is 0 Å². The number of rotatable bonds is 6. The second-order valence-corrected chi connectivity index (χ2v) is 7.82. The van der Waals surface area contributed by atoms with E-state index in [4.69, 9.17) is 5.73 Å². The molecule has 118 valence electrons. The van der Waals surface area contributed by atoms with E-state index in [0.717, 1.165) is 10.4 Å². The van der Waals surface area contributed by atoms with Crippen LogP contribution in [0, 0.1) is 0 Å². The van der Waals surface area contributed by atoms with Gasteiger partial charge in [0.1, 0.15) is 5.84 Å². The van der Waals surface area contributed by atoms with Crippen molar-refractivity contribution >= 4 is 32.7 Å². The first kappa shape index (κ1) is 16.7. The summed E-state index contributed by atoms with van der Waals surface area (Å²) in [5.74, 6) is 0.432. The van der Waals surface area contributed by atoms with E-state index >= 15 is 0 Å². The van der Waals surface area contributed by atoms with E-state index < -0.39 is 9.84 Å². The van der Waals surface area contributed by atoms with Crippen molar-refractivity contribution in [2.45, 2.75) is 11.3 Å². The van der Waals surface area contributed by atoms with Crippen molar-refractivity contribution in [3.63, 3.8) is 0 Å². The molecule has 1 aromatic heterocycles. The number of amidine groups is 1. The molecule has 0 atom stereocenters. The Balaban J connectivity index is 2.40. The number of thiophene rings is 1. The van der Waals surface area contributed by atoms with Crippen LogP contribution in [0.15, 0.2) is 45.6 Å². The van der Waals surface area contributed by atoms with Gasteiger partial charge < -0.3 is 11.1 Å². The molecule has 0 saturated heterocycles. The molecule has 0 spiro atoms. The van der Waals surface area contributed by atoms with Crippen LogP contribution in [0.1, 0.15) is 10.4 Å². The summed E-state index contributed by atoms with van der Waals surface area (Å²) in [6.07, 6.45) is 1.83. The molecule has 5 nitrogen and oxygen atoms in total. The third-order valence-corrected chi connectivity index (χ3v) is 5.20. The second-order valence-electron chi connectivity index (χ2n) is 4.89. The molecule has 0 aliphatic rings. The summed E-state index contributed by atoms with van der Waals surface area (Å²) < 4.78 is 23.7. The monoisotopic (exact) mass is 337 g/mol. The van der Waals surface area contributed by atoms with E-state index in [0.29, 0.717) is 29.4 Å². The summed E-state index contributed by atoms with van der Waals surface area (Å²) >= 11 is 1.51. The Morgan fingerprint density at radius 1 is 1.36 bits per heavy atom. The van der Waals surface area contributed by atoms with Crippen LogP contribution in [0.3, 0.4) is 0 Å². The van der Waals surface area contributed by atoms with Crippen molar-refractivity contribution in [1.82, 2.24) is 5.32 Å². The Labute approximate surface area is 134 Å². The van der Waals surface area contributed by atoms with E-state index in [9.17, 15) is 8.42 Å². The van der Waals surface area contributed by atoms with Crippen molar-refractivity contribution < 1.29 is 8.42 Å². The Hall–Kier alpha value is -1.70. The fourth-order valence-electron chi connectivity index (χ4n) is 2.07. The van der Waals surface area contributed by atoms with Gasteiger partial charge in [-0.2, -0.15) is 0 Å². The fourth-order valence-corrected chi connectivity index (χ4v) is 3.65. The molecule has 0 bridgehead atoms. The summed E-state index contributed by atoms with van der Waals surface area (Å²) in [5, 5.41) is 4.96. The van der Waals surface area contributed by atoms with Gasteiger partial charge in [0.2, 0.25) is 0 Å². The summed E-state index contributed by atoms with van der Waals surface area (Å²) in [6, 6.07) is 8.87. The van der Waals surface area contributed by atoms with Gasteiger partial charge >= 0.3 is 0 Å². The average Bonchev–Trinajstić information content (AvgIpc) is 2.98. The van der Waals surface area contributed by atoms with Crippen molar-refractivity contribution in [2.75, 3.05) is 19.8 Å². The van der Waals surface area contributed by atoms with Crippen molar-refractivity contribution in [2.24, 2.45) is 10.7 Å². The van der Waals surface area contributed by atoms with Gasteiger partial charge in [-0.1, -0.05) is 6.07 Å². The molecule has 1 aromatic carbocycles. The Morgan fingerprint density at radius 2 is 2.14 bits per heavy atom. The lowest BCUT2D eigenvalue weighted by molar-refractivity contribution is 0.600. The first-order valence-corrected chi connectivity index (χ1v) is 9.54. The lowest BCUT2D eigenvalue weighted by Gasteiger charge is -2.09. The van der Waals surface area contributed by atoms with Gasteiger partial charge in [-0.25, -0.2) is 13.4 Å². The molecule has 0 aliphatic heterocycles. The number of sulfone groups is 1. The van der Waals surface area contributed by atoms with Gasteiger partial charge in [-0.15, -0.1) is 11.3 Å². The molecule has 0 saturated carbocycles. The summed E-state index contributed by atoms with van der Waals surface area (Å²) in [4.78, 5) is 5.62. The maximum Gasteiger partial charge on any atom is 0.175 e. The molecule has 3 N–H and O–H groups in total. The predicted molar refractivity (Wildman–Crippen MR) is 91.9 cm³/mol. The highest BCUT2D eigenvalue weighted by Crippen LogP contribution is 2.23. The minimum absolute atomic E-state index is 0.344. The largest absolute Gasteiger partial charge is 0.383 e. The van der Waals surface area contributed by atoms with Crippen LogP contribution >= 0.6 is 11.3 Å². The van der Waals surface area contributed by atoms with Crippen LogP contribution < -0.4 is 11.1 Å². The van der Waals surface area contributed by atoms with Crippen LogP contribution in [0.2, 0.25) is 0 Å². The normalized spacial score (nSPS) is 12.5. The zero-order valence-corrected chi connectivity index (χ0v) is 14.2. The van der Waals surface area contributed by atoms with E-state index in [2.05, 4.69) is 10.3 Å². The third kappa shape index (κ3) is 4.16. The smallest absolute Gasteiger partial charge is 0.175 e. The van der Waals surface area contributed by atoms with E-state index in [1.54, 1.807) is 18.2 Å². The lowest BCUT2D eigenvalue weighted by Crippen LogP contribution is -2.13. The molecule has 2 rings (SSSR count). The van der Waals surface area contributed by atoms with Crippen molar-refractivity contribution in [3.05, 3.63) is 46.2 Å². The van der Waals surface area contributed by atoms with Crippen molar-refractivity contribution in [1.29, 1.82) is 0 Å². The molecule has 0 aliphatic carbocycles. The highest BCUT2D eigenvalue weighted by atomic mass is 32.2. The zero-order valence-electron chi connectivity index (χ0n) is 12.5. The first-order chi connectivity index (χ1) is 10.4. The number of hydrogen-bond donors (Lipinski definition) is 2. The molecule has 0 amide bonds. The molecular weight excluding hydrogens is 318 g/mol. The third-order valence-electron chi connectivity index (χ3n) is 3.11. The Kier molecular flexibility index (Phi) is 5.33. The van der Waals surface area contributed by atoms with Gasteiger partial charge in [0, 0.05) is 6.26 Å². The molecular formula is C15H19N3O2S2. The van der Waals surface area contributed by atoms with Crippen LogP contribution in [0.5, 0.6) is 0 Å². The fraction of sp³-hybridized carbons (Fsp3) is 0.267. The van der Waals surface area contributed by atoms with Crippen LogP contribution in [0.4, 0.5) is 5.69 Å². The van der Waals surface area contributed by atoms with Crippen molar-refractivity contribution in [3.8, 4) is 0 Å². The Morgan fingerprint density at radius 3 is 2.73 bits per heavy atom. The summed E-state index contributed by atoms with van der Waals surface area (Å²) in [7, 11) is -1.43. The number of hydrogen-bond acceptors (Lipinski definition) is 5.